The summed E-state index contributed by atoms with van der Waals surface area (Å²) in [6.45, 7) is 2.90. The van der Waals surface area contributed by atoms with Crippen molar-refractivity contribution in [2.45, 2.75) is 25.3 Å². The van der Waals surface area contributed by atoms with Crippen LogP contribution in [0.3, 0.4) is 0 Å². The van der Waals surface area contributed by atoms with E-state index >= 15 is 0 Å². The van der Waals surface area contributed by atoms with E-state index in [2.05, 4.69) is 5.32 Å². The molecule has 3 rings (SSSR count). The van der Waals surface area contributed by atoms with Crippen molar-refractivity contribution in [1.29, 1.82) is 0 Å². The molecule has 0 aromatic heterocycles. The number of piperidine rings is 1. The predicted octanol–water partition coefficient (Wildman–Crippen LogP) is 1.45. The molecule has 1 aromatic rings. The molecule has 108 valence electrons. The third-order valence-electron chi connectivity index (χ3n) is 4.47. The number of likely N-dealkylation sites (tertiary alicyclic amines) is 1. The first-order valence-corrected chi connectivity index (χ1v) is 7.40. The van der Waals surface area contributed by atoms with Crippen molar-refractivity contribution in [2.24, 2.45) is 5.92 Å². The number of ether oxygens (including phenoxy) is 1. The molecule has 0 bridgehead atoms. The third kappa shape index (κ3) is 2.80. The Kier molecular flexibility index (Phi) is 3.92. The van der Waals surface area contributed by atoms with E-state index in [4.69, 9.17) is 4.74 Å². The lowest BCUT2D eigenvalue weighted by Crippen LogP contribution is -2.41. The topological polar surface area (TPSA) is 41.6 Å². The smallest absolute Gasteiger partial charge is 0.227 e. The second kappa shape index (κ2) is 5.83. The van der Waals surface area contributed by atoms with Crippen molar-refractivity contribution in [2.75, 3.05) is 26.7 Å². The van der Waals surface area contributed by atoms with Crippen LogP contribution in [0, 0.1) is 5.92 Å². The molecule has 2 fully saturated rings. The van der Waals surface area contributed by atoms with Crippen molar-refractivity contribution < 1.29 is 9.53 Å². The SMILES string of the molecule is COc1ccc(CC(=O)N2CC3CCCNC3C2)cc1. The fraction of sp³-hybridized carbons (Fsp3) is 0.562. The highest BCUT2D eigenvalue weighted by molar-refractivity contribution is 5.79. The number of carbonyl (C=O) groups excluding carboxylic acids is 1. The molecule has 4 heteroatoms. The van der Waals surface area contributed by atoms with Crippen LogP contribution in [0.15, 0.2) is 24.3 Å². The number of nitrogens with zero attached hydrogens (tertiary/aromatic N) is 1. The average Bonchev–Trinajstić information content (AvgIpc) is 2.92. The van der Waals surface area contributed by atoms with Gasteiger partial charge in [-0.15, -0.1) is 0 Å². The number of hydrogen-bond donors (Lipinski definition) is 1. The van der Waals surface area contributed by atoms with Crippen molar-refractivity contribution in [1.82, 2.24) is 10.2 Å². The molecule has 0 saturated carbocycles. The molecule has 0 spiro atoms. The zero-order valence-electron chi connectivity index (χ0n) is 12.0. The molecule has 1 amide bonds. The van der Waals surface area contributed by atoms with Gasteiger partial charge in [0.15, 0.2) is 0 Å². The summed E-state index contributed by atoms with van der Waals surface area (Å²) in [6, 6.07) is 8.28. The minimum absolute atomic E-state index is 0.242. The molecular weight excluding hydrogens is 252 g/mol. The van der Waals surface area contributed by atoms with E-state index in [1.807, 2.05) is 29.2 Å². The predicted molar refractivity (Wildman–Crippen MR) is 77.8 cm³/mol. The van der Waals surface area contributed by atoms with Crippen molar-refractivity contribution >= 4 is 5.91 Å². The lowest BCUT2D eigenvalue weighted by atomic mass is 9.94. The molecule has 20 heavy (non-hydrogen) atoms. The monoisotopic (exact) mass is 274 g/mol. The Morgan fingerprint density at radius 2 is 2.15 bits per heavy atom. The Morgan fingerprint density at radius 3 is 2.85 bits per heavy atom. The van der Waals surface area contributed by atoms with Gasteiger partial charge in [0.05, 0.1) is 13.5 Å². The molecule has 0 radical (unpaired) electrons. The van der Waals surface area contributed by atoms with Crippen molar-refractivity contribution in [3.8, 4) is 5.75 Å². The van der Waals surface area contributed by atoms with Crippen LogP contribution < -0.4 is 10.1 Å². The summed E-state index contributed by atoms with van der Waals surface area (Å²) in [7, 11) is 1.65. The van der Waals surface area contributed by atoms with Crippen LogP contribution >= 0.6 is 0 Å². The maximum absolute atomic E-state index is 12.4. The van der Waals surface area contributed by atoms with E-state index < -0.39 is 0 Å². The number of fused-ring (bicyclic) bond motifs is 1. The Labute approximate surface area is 120 Å². The van der Waals surface area contributed by atoms with Gasteiger partial charge in [-0.2, -0.15) is 0 Å². The number of carbonyl (C=O) groups is 1. The van der Waals surface area contributed by atoms with Gasteiger partial charge >= 0.3 is 0 Å². The van der Waals surface area contributed by atoms with Crippen LogP contribution in [-0.4, -0.2) is 43.6 Å². The largest absolute Gasteiger partial charge is 0.497 e. The number of rotatable bonds is 3. The van der Waals surface area contributed by atoms with Gasteiger partial charge in [0.25, 0.3) is 0 Å². The van der Waals surface area contributed by atoms with Crippen LogP contribution in [0.4, 0.5) is 0 Å². The van der Waals surface area contributed by atoms with Crippen LogP contribution in [0.25, 0.3) is 0 Å². The van der Waals surface area contributed by atoms with Crippen molar-refractivity contribution in [3.05, 3.63) is 29.8 Å². The van der Waals surface area contributed by atoms with Gasteiger partial charge in [-0.3, -0.25) is 4.79 Å². The van der Waals surface area contributed by atoms with E-state index in [0.29, 0.717) is 18.4 Å². The van der Waals surface area contributed by atoms with Gasteiger partial charge in [0.1, 0.15) is 5.75 Å². The maximum atomic E-state index is 12.4. The van der Waals surface area contributed by atoms with E-state index in [9.17, 15) is 4.79 Å². The summed E-state index contributed by atoms with van der Waals surface area (Å²) in [5.74, 6) is 1.73. The van der Waals surface area contributed by atoms with Gasteiger partial charge in [0, 0.05) is 19.1 Å². The maximum Gasteiger partial charge on any atom is 0.227 e. The minimum Gasteiger partial charge on any atom is -0.497 e. The summed E-state index contributed by atoms with van der Waals surface area (Å²) in [5, 5.41) is 3.53. The zero-order chi connectivity index (χ0) is 13.9. The van der Waals surface area contributed by atoms with Crippen LogP contribution in [-0.2, 0) is 11.2 Å². The Hall–Kier alpha value is -1.55. The fourth-order valence-corrected chi connectivity index (χ4v) is 3.28. The van der Waals surface area contributed by atoms with E-state index in [1.165, 1.54) is 12.8 Å². The molecular formula is C16H22N2O2. The molecule has 2 aliphatic heterocycles. The second-order valence-corrected chi connectivity index (χ2v) is 5.79. The van der Waals surface area contributed by atoms with Crippen LogP contribution in [0.1, 0.15) is 18.4 Å². The summed E-state index contributed by atoms with van der Waals surface area (Å²) in [4.78, 5) is 14.4. The number of benzene rings is 1. The Bertz CT molecular complexity index is 458. The first-order valence-electron chi connectivity index (χ1n) is 7.40. The third-order valence-corrected chi connectivity index (χ3v) is 4.47. The van der Waals surface area contributed by atoms with Crippen LogP contribution in [0.2, 0.25) is 0 Å². The lowest BCUT2D eigenvalue weighted by Gasteiger charge is -2.24. The number of hydrogen-bond acceptors (Lipinski definition) is 3. The molecule has 1 aromatic carbocycles. The average molecular weight is 274 g/mol. The molecule has 0 aliphatic carbocycles. The normalized spacial score (nSPS) is 25.4. The Balaban J connectivity index is 1.59. The first-order chi connectivity index (χ1) is 9.76. The molecule has 2 saturated heterocycles. The minimum atomic E-state index is 0.242. The molecule has 2 atom stereocenters. The molecule has 2 heterocycles. The van der Waals surface area contributed by atoms with E-state index in [0.717, 1.165) is 30.9 Å². The molecule has 2 aliphatic rings. The summed E-state index contributed by atoms with van der Waals surface area (Å²) in [5.41, 5.74) is 1.05. The molecule has 4 nitrogen and oxygen atoms in total. The highest BCUT2D eigenvalue weighted by Crippen LogP contribution is 2.25. The van der Waals surface area contributed by atoms with Gasteiger partial charge in [0.2, 0.25) is 5.91 Å². The zero-order valence-corrected chi connectivity index (χ0v) is 12.0. The van der Waals surface area contributed by atoms with Gasteiger partial charge in [-0.25, -0.2) is 0 Å². The summed E-state index contributed by atoms with van der Waals surface area (Å²) in [6.07, 6.45) is 2.98. The number of methoxy groups -OCH3 is 1. The summed E-state index contributed by atoms with van der Waals surface area (Å²) < 4.78 is 5.13. The van der Waals surface area contributed by atoms with Gasteiger partial charge in [-0.1, -0.05) is 12.1 Å². The van der Waals surface area contributed by atoms with Crippen molar-refractivity contribution in [3.63, 3.8) is 0 Å². The number of amides is 1. The molecule has 1 N–H and O–H groups in total. The fourth-order valence-electron chi connectivity index (χ4n) is 3.28. The molecule has 2 unspecified atom stereocenters. The highest BCUT2D eigenvalue weighted by Gasteiger charge is 2.36. The second-order valence-electron chi connectivity index (χ2n) is 5.79. The quantitative estimate of drug-likeness (QED) is 0.907. The highest BCUT2D eigenvalue weighted by atomic mass is 16.5. The van der Waals surface area contributed by atoms with Crippen LogP contribution in [0.5, 0.6) is 5.75 Å². The Morgan fingerprint density at radius 1 is 1.35 bits per heavy atom. The summed E-state index contributed by atoms with van der Waals surface area (Å²) >= 11 is 0. The van der Waals surface area contributed by atoms with E-state index in [1.54, 1.807) is 7.11 Å². The van der Waals surface area contributed by atoms with E-state index in [-0.39, 0.29) is 5.91 Å². The standard InChI is InChI=1S/C16H22N2O2/c1-20-14-6-4-12(5-7-14)9-16(19)18-10-13-3-2-8-17-15(13)11-18/h4-7,13,15,17H,2-3,8-11H2,1H3. The van der Waals surface area contributed by atoms with Gasteiger partial charge < -0.3 is 15.0 Å². The van der Waals surface area contributed by atoms with Gasteiger partial charge in [-0.05, 0) is 43.0 Å². The number of nitrogens with one attached hydrogen (secondary N) is 1. The first kappa shape index (κ1) is 13.4. The lowest BCUT2D eigenvalue weighted by molar-refractivity contribution is -0.129.